The highest BCUT2D eigenvalue weighted by Crippen LogP contribution is 2.49. The van der Waals surface area contributed by atoms with E-state index in [1.54, 1.807) is 30.1 Å². The van der Waals surface area contributed by atoms with Gasteiger partial charge in [0.15, 0.2) is 0 Å². The smallest absolute Gasteiger partial charge is 0.365 e. The number of carbonyl (C=O) groups is 1. The van der Waals surface area contributed by atoms with Crippen LogP contribution in [0.4, 0.5) is 17.1 Å². The highest BCUT2D eigenvalue weighted by molar-refractivity contribution is 8.17. The molecule has 0 saturated carbocycles. The number of carbonyl (C=O) groups excluding carboxylic acids is 1. The van der Waals surface area contributed by atoms with Gasteiger partial charge >= 0.3 is 5.97 Å². The van der Waals surface area contributed by atoms with Crippen LogP contribution in [0, 0.1) is 10.1 Å². The van der Waals surface area contributed by atoms with Crippen molar-refractivity contribution in [1.29, 1.82) is 0 Å². The number of esters is 1. The molecule has 1 spiro atoms. The number of hydrogen-bond donors (Lipinski definition) is 0. The van der Waals surface area contributed by atoms with Gasteiger partial charge in [0, 0.05) is 11.6 Å². The molecule has 2 heterocycles. The second-order valence-corrected chi connectivity index (χ2v) is 9.65. The Morgan fingerprint density at radius 1 is 0.974 bits per heavy atom. The Balaban J connectivity index is 1.68. The van der Waals surface area contributed by atoms with E-state index in [2.05, 4.69) is 24.2 Å². The van der Waals surface area contributed by atoms with E-state index in [9.17, 15) is 14.9 Å². The van der Waals surface area contributed by atoms with Crippen LogP contribution in [-0.4, -0.2) is 33.2 Å². The summed E-state index contributed by atoms with van der Waals surface area (Å²) in [5.41, 5.74) is 3.63. The molecule has 0 radical (unpaired) electrons. The van der Waals surface area contributed by atoms with Crippen molar-refractivity contribution in [3.05, 3.63) is 112 Å². The first-order valence-corrected chi connectivity index (χ1v) is 13.0. The summed E-state index contributed by atoms with van der Waals surface area (Å²) in [6.07, 6.45) is 4.66. The Bertz CT molecular complexity index is 1460. The van der Waals surface area contributed by atoms with Gasteiger partial charge in [0.05, 0.1) is 22.9 Å². The predicted molar refractivity (Wildman–Crippen MR) is 150 cm³/mol. The van der Waals surface area contributed by atoms with Gasteiger partial charge in [-0.3, -0.25) is 10.1 Å². The van der Waals surface area contributed by atoms with E-state index in [4.69, 9.17) is 9.84 Å². The first-order valence-electron chi connectivity index (χ1n) is 12.2. The standard InChI is InChI=1S/C28H25N5O4S/c1-3-20-14-16-21(17-15-20)23-18-19-28(31(29-23)22-10-6-5-7-11-22)32(30-26(38-28)27(34)37-4-2)24-12-8-9-13-25(24)33(35)36/h5-19H,3-4H2,1-2H3/t28-/m0/s1. The van der Waals surface area contributed by atoms with E-state index < -0.39 is 15.9 Å². The third-order valence-electron chi connectivity index (χ3n) is 6.13. The summed E-state index contributed by atoms with van der Waals surface area (Å²) in [6.45, 7) is 3.99. The average molecular weight is 528 g/mol. The second kappa shape index (κ2) is 10.5. The van der Waals surface area contributed by atoms with Gasteiger partial charge in [0.25, 0.3) is 5.69 Å². The van der Waals surface area contributed by atoms with E-state index in [0.717, 1.165) is 29.4 Å². The molecule has 2 aliphatic rings. The maximum atomic E-state index is 12.8. The van der Waals surface area contributed by atoms with Crippen LogP contribution in [0.5, 0.6) is 0 Å². The SMILES string of the molecule is CCOC(=O)C1=NN(c2ccccc2[N+](=O)[O-])[C@@]2(C=CC(c3ccc(CC)cc3)=NN2c2ccccc2)S1. The minimum absolute atomic E-state index is 0.0709. The number of hydrogen-bond acceptors (Lipinski definition) is 9. The minimum atomic E-state index is -1.25. The zero-order chi connectivity index (χ0) is 26.7. The van der Waals surface area contributed by atoms with Gasteiger partial charge in [-0.25, -0.2) is 14.8 Å². The molecule has 3 aromatic rings. The quantitative estimate of drug-likeness (QED) is 0.220. The molecule has 10 heteroatoms. The van der Waals surface area contributed by atoms with Crippen molar-refractivity contribution in [2.24, 2.45) is 10.2 Å². The number of thioether (sulfide) groups is 1. The summed E-state index contributed by atoms with van der Waals surface area (Å²) < 4.78 is 5.25. The van der Waals surface area contributed by atoms with Gasteiger partial charge in [-0.15, -0.1) is 0 Å². The van der Waals surface area contributed by atoms with Gasteiger partial charge in [0.2, 0.25) is 10.0 Å². The number of nitro groups is 1. The lowest BCUT2D eigenvalue weighted by molar-refractivity contribution is -0.384. The zero-order valence-electron chi connectivity index (χ0n) is 20.9. The van der Waals surface area contributed by atoms with Crippen molar-refractivity contribution < 1.29 is 14.5 Å². The van der Waals surface area contributed by atoms with Crippen molar-refractivity contribution >= 4 is 45.5 Å². The molecule has 0 fully saturated rings. The average Bonchev–Trinajstić information content (AvgIpc) is 3.33. The lowest BCUT2D eigenvalue weighted by Crippen LogP contribution is -2.54. The number of nitrogens with zero attached hydrogens (tertiary/aromatic N) is 5. The molecule has 3 aromatic carbocycles. The van der Waals surface area contributed by atoms with Gasteiger partial charge in [0.1, 0.15) is 5.69 Å². The summed E-state index contributed by atoms with van der Waals surface area (Å²) in [4.78, 5) is 23.1. The van der Waals surface area contributed by atoms with Crippen molar-refractivity contribution in [3.63, 3.8) is 0 Å². The second-order valence-electron chi connectivity index (χ2n) is 8.46. The van der Waals surface area contributed by atoms with Crippen LogP contribution in [0.1, 0.15) is 25.0 Å². The van der Waals surface area contributed by atoms with Crippen LogP contribution in [0.3, 0.4) is 0 Å². The fourth-order valence-corrected chi connectivity index (χ4v) is 5.40. The van der Waals surface area contributed by atoms with Crippen LogP contribution < -0.4 is 10.0 Å². The Kier molecular flexibility index (Phi) is 6.97. The molecule has 0 bridgehead atoms. The Morgan fingerprint density at radius 3 is 2.37 bits per heavy atom. The Hall–Kier alpha value is -4.44. The van der Waals surface area contributed by atoms with E-state index in [0.29, 0.717) is 5.71 Å². The van der Waals surface area contributed by atoms with Crippen LogP contribution >= 0.6 is 11.8 Å². The van der Waals surface area contributed by atoms with Crippen molar-refractivity contribution in [2.75, 3.05) is 16.6 Å². The fraction of sp³-hybridized carbons (Fsp3) is 0.179. The summed E-state index contributed by atoms with van der Waals surface area (Å²) in [6, 6.07) is 23.9. The highest BCUT2D eigenvalue weighted by Gasteiger charge is 2.53. The zero-order valence-corrected chi connectivity index (χ0v) is 21.7. The predicted octanol–water partition coefficient (Wildman–Crippen LogP) is 5.72. The third kappa shape index (κ3) is 4.54. The van der Waals surface area contributed by atoms with Gasteiger partial charge < -0.3 is 4.74 Å². The molecule has 0 N–H and O–H groups in total. The van der Waals surface area contributed by atoms with Gasteiger partial charge in [-0.2, -0.15) is 10.2 Å². The Morgan fingerprint density at radius 2 is 1.68 bits per heavy atom. The lowest BCUT2D eigenvalue weighted by atomic mass is 10.0. The van der Waals surface area contributed by atoms with Crippen LogP contribution in [0.25, 0.3) is 0 Å². The lowest BCUT2D eigenvalue weighted by Gasteiger charge is -2.43. The van der Waals surface area contributed by atoms with Crippen LogP contribution in [0.15, 0.2) is 101 Å². The number of allylic oxidation sites excluding steroid dienone is 1. The van der Waals surface area contributed by atoms with Crippen molar-refractivity contribution in [2.45, 2.75) is 25.3 Å². The summed E-state index contributed by atoms with van der Waals surface area (Å²) >= 11 is 1.12. The molecule has 1 atom stereocenters. The third-order valence-corrected chi connectivity index (χ3v) is 7.35. The number of benzene rings is 3. The maximum absolute atomic E-state index is 12.8. The number of anilines is 2. The molecule has 5 rings (SSSR count). The molecular formula is C28H25N5O4S. The topological polar surface area (TPSA) is 101 Å². The molecule has 0 aliphatic carbocycles. The molecule has 0 saturated heterocycles. The summed E-state index contributed by atoms with van der Waals surface area (Å²) in [5.74, 6) is -0.607. The first-order chi connectivity index (χ1) is 18.5. The maximum Gasteiger partial charge on any atom is 0.365 e. The normalized spacial score (nSPS) is 18.4. The largest absolute Gasteiger partial charge is 0.461 e. The number of aryl methyl sites for hydroxylation is 1. The van der Waals surface area contributed by atoms with Gasteiger partial charge in [-0.05, 0) is 61.0 Å². The van der Waals surface area contributed by atoms with E-state index in [1.807, 2.05) is 54.6 Å². The number of ether oxygens (including phenoxy) is 1. The van der Waals surface area contributed by atoms with Gasteiger partial charge in [-0.1, -0.05) is 61.5 Å². The minimum Gasteiger partial charge on any atom is -0.461 e. The van der Waals surface area contributed by atoms with Crippen molar-refractivity contribution in [3.8, 4) is 0 Å². The number of nitro benzene ring substituents is 1. The molecule has 192 valence electrons. The molecule has 0 aromatic heterocycles. The van der Waals surface area contributed by atoms with Crippen LogP contribution in [-0.2, 0) is 16.0 Å². The number of para-hydroxylation sites is 3. The fourth-order valence-electron chi connectivity index (χ4n) is 4.25. The Labute approximate surface area is 224 Å². The summed E-state index contributed by atoms with van der Waals surface area (Å²) in [7, 11) is 0. The molecule has 2 aliphatic heterocycles. The van der Waals surface area contributed by atoms with E-state index in [1.165, 1.54) is 16.6 Å². The molecule has 0 amide bonds. The molecule has 38 heavy (non-hydrogen) atoms. The molecule has 9 nitrogen and oxygen atoms in total. The summed E-state index contributed by atoms with van der Waals surface area (Å²) in [5, 5.41) is 24.8. The number of hydrazone groups is 2. The number of rotatable bonds is 7. The van der Waals surface area contributed by atoms with Crippen LogP contribution in [0.2, 0.25) is 0 Å². The molecule has 0 unspecified atom stereocenters. The molecular weight excluding hydrogens is 502 g/mol. The van der Waals surface area contributed by atoms with E-state index >= 15 is 0 Å². The first kappa shape index (κ1) is 25.2. The monoisotopic (exact) mass is 527 g/mol. The van der Waals surface area contributed by atoms with Crippen molar-refractivity contribution in [1.82, 2.24) is 0 Å². The highest BCUT2D eigenvalue weighted by atomic mass is 32.2. The van der Waals surface area contributed by atoms with E-state index in [-0.39, 0.29) is 23.0 Å².